The van der Waals surface area contributed by atoms with E-state index in [-0.39, 0.29) is 12.5 Å². The molecule has 1 aromatic carbocycles. The first kappa shape index (κ1) is 11.7. The van der Waals surface area contributed by atoms with Crippen LogP contribution in [0.1, 0.15) is 17.6 Å². The van der Waals surface area contributed by atoms with Crippen LogP contribution in [0.5, 0.6) is 0 Å². The summed E-state index contributed by atoms with van der Waals surface area (Å²) in [4.78, 5) is 15.2. The van der Waals surface area contributed by atoms with Crippen LogP contribution in [0.3, 0.4) is 0 Å². The van der Waals surface area contributed by atoms with E-state index in [1.165, 1.54) is 6.20 Å². The SMILES string of the molecule is CCOC(=O)c1ncc(-c2cccc(Cl)c2)o1. The molecule has 0 aliphatic carbocycles. The van der Waals surface area contributed by atoms with Gasteiger partial charge in [0.1, 0.15) is 0 Å². The van der Waals surface area contributed by atoms with Crippen molar-refractivity contribution in [3.63, 3.8) is 0 Å². The number of carbonyl (C=O) groups excluding carboxylic acids is 1. The summed E-state index contributed by atoms with van der Waals surface area (Å²) in [5, 5.41) is 0.594. The molecule has 0 N–H and O–H groups in total. The number of nitrogens with zero attached hydrogens (tertiary/aromatic N) is 1. The van der Waals surface area contributed by atoms with Crippen LogP contribution < -0.4 is 0 Å². The van der Waals surface area contributed by atoms with Crippen molar-refractivity contribution in [3.8, 4) is 11.3 Å². The monoisotopic (exact) mass is 251 g/mol. The Bertz CT molecular complexity index is 536. The zero-order valence-corrected chi connectivity index (χ0v) is 9.90. The van der Waals surface area contributed by atoms with E-state index in [0.29, 0.717) is 10.8 Å². The van der Waals surface area contributed by atoms with Crippen molar-refractivity contribution in [1.29, 1.82) is 0 Å². The maximum atomic E-state index is 11.4. The number of carbonyl (C=O) groups is 1. The zero-order chi connectivity index (χ0) is 12.3. The molecule has 0 saturated carbocycles. The van der Waals surface area contributed by atoms with E-state index >= 15 is 0 Å². The van der Waals surface area contributed by atoms with E-state index in [2.05, 4.69) is 4.98 Å². The highest BCUT2D eigenvalue weighted by atomic mass is 35.5. The molecule has 0 radical (unpaired) electrons. The molecule has 1 heterocycles. The number of aromatic nitrogens is 1. The Morgan fingerprint density at radius 3 is 3.06 bits per heavy atom. The molecule has 5 heteroatoms. The van der Waals surface area contributed by atoms with Gasteiger partial charge in [-0.2, -0.15) is 0 Å². The van der Waals surface area contributed by atoms with Crippen molar-refractivity contribution in [1.82, 2.24) is 4.98 Å². The van der Waals surface area contributed by atoms with Crippen molar-refractivity contribution in [2.24, 2.45) is 0 Å². The molecule has 0 spiro atoms. The molecule has 1 aromatic heterocycles. The predicted molar refractivity (Wildman–Crippen MR) is 62.9 cm³/mol. The average Bonchev–Trinajstić information content (AvgIpc) is 2.78. The van der Waals surface area contributed by atoms with Gasteiger partial charge in [-0.3, -0.25) is 0 Å². The zero-order valence-electron chi connectivity index (χ0n) is 9.14. The second-order valence-corrected chi connectivity index (χ2v) is 3.70. The third-order valence-electron chi connectivity index (χ3n) is 2.06. The number of esters is 1. The lowest BCUT2D eigenvalue weighted by Crippen LogP contribution is -2.04. The van der Waals surface area contributed by atoms with Crippen LogP contribution in [-0.2, 0) is 4.74 Å². The van der Waals surface area contributed by atoms with Gasteiger partial charge in [-0.1, -0.05) is 23.7 Å². The standard InChI is InChI=1S/C12H10ClNO3/c1-2-16-12(15)11-14-7-10(17-11)8-4-3-5-9(13)6-8/h3-7H,2H2,1H3. The minimum absolute atomic E-state index is 0.0539. The number of oxazole rings is 1. The highest BCUT2D eigenvalue weighted by molar-refractivity contribution is 6.30. The molecule has 0 atom stereocenters. The largest absolute Gasteiger partial charge is 0.459 e. The first-order valence-corrected chi connectivity index (χ1v) is 5.47. The lowest BCUT2D eigenvalue weighted by Gasteiger charge is -1.97. The van der Waals surface area contributed by atoms with Crippen LogP contribution in [0.15, 0.2) is 34.9 Å². The lowest BCUT2D eigenvalue weighted by molar-refractivity contribution is 0.0482. The molecule has 0 unspecified atom stereocenters. The third kappa shape index (κ3) is 2.65. The van der Waals surface area contributed by atoms with Gasteiger partial charge in [0.25, 0.3) is 0 Å². The molecule has 17 heavy (non-hydrogen) atoms. The Labute approximate surface area is 103 Å². The molecular weight excluding hydrogens is 242 g/mol. The second kappa shape index (κ2) is 5.01. The Morgan fingerprint density at radius 1 is 1.53 bits per heavy atom. The van der Waals surface area contributed by atoms with E-state index in [1.807, 2.05) is 6.07 Å². The fourth-order valence-corrected chi connectivity index (χ4v) is 1.53. The molecule has 0 fully saturated rings. The van der Waals surface area contributed by atoms with Crippen molar-refractivity contribution >= 4 is 17.6 Å². The first-order chi connectivity index (χ1) is 8.20. The predicted octanol–water partition coefficient (Wildman–Crippen LogP) is 3.17. The van der Waals surface area contributed by atoms with Crippen molar-refractivity contribution in [2.45, 2.75) is 6.92 Å². The van der Waals surface area contributed by atoms with Crippen molar-refractivity contribution < 1.29 is 13.9 Å². The third-order valence-corrected chi connectivity index (χ3v) is 2.30. The normalized spacial score (nSPS) is 10.2. The van der Waals surface area contributed by atoms with E-state index in [9.17, 15) is 4.79 Å². The van der Waals surface area contributed by atoms with Gasteiger partial charge < -0.3 is 9.15 Å². The summed E-state index contributed by atoms with van der Waals surface area (Å²) in [6, 6.07) is 7.11. The molecule has 2 rings (SSSR count). The molecule has 0 saturated heterocycles. The van der Waals surface area contributed by atoms with Crippen LogP contribution in [0.25, 0.3) is 11.3 Å². The average molecular weight is 252 g/mol. The van der Waals surface area contributed by atoms with Gasteiger partial charge in [0.2, 0.25) is 0 Å². The van der Waals surface area contributed by atoms with E-state index in [1.54, 1.807) is 25.1 Å². The highest BCUT2D eigenvalue weighted by Crippen LogP contribution is 2.23. The van der Waals surface area contributed by atoms with Gasteiger partial charge >= 0.3 is 11.9 Å². The van der Waals surface area contributed by atoms with Gasteiger partial charge in [-0.05, 0) is 19.1 Å². The van der Waals surface area contributed by atoms with E-state index < -0.39 is 5.97 Å². The molecule has 0 aliphatic rings. The number of hydrogen-bond donors (Lipinski definition) is 0. The molecular formula is C12H10ClNO3. The highest BCUT2D eigenvalue weighted by Gasteiger charge is 2.14. The lowest BCUT2D eigenvalue weighted by atomic mass is 10.2. The van der Waals surface area contributed by atoms with Gasteiger partial charge in [-0.25, -0.2) is 9.78 Å². The van der Waals surface area contributed by atoms with Crippen molar-refractivity contribution in [2.75, 3.05) is 6.61 Å². The Morgan fingerprint density at radius 2 is 2.35 bits per heavy atom. The van der Waals surface area contributed by atoms with Crippen LogP contribution in [0.4, 0.5) is 0 Å². The topological polar surface area (TPSA) is 52.3 Å². The number of halogens is 1. The van der Waals surface area contributed by atoms with Crippen LogP contribution >= 0.6 is 11.6 Å². The minimum atomic E-state index is -0.569. The molecule has 88 valence electrons. The summed E-state index contributed by atoms with van der Waals surface area (Å²) in [7, 11) is 0. The fraction of sp³-hybridized carbons (Fsp3) is 0.167. The minimum Gasteiger partial charge on any atom is -0.459 e. The summed E-state index contributed by atoms with van der Waals surface area (Å²) in [6.45, 7) is 2.01. The molecule has 4 nitrogen and oxygen atoms in total. The maximum Gasteiger partial charge on any atom is 0.394 e. The Hall–Kier alpha value is -1.81. The maximum absolute atomic E-state index is 11.4. The number of rotatable bonds is 3. The van der Waals surface area contributed by atoms with E-state index in [0.717, 1.165) is 5.56 Å². The quantitative estimate of drug-likeness (QED) is 0.787. The number of benzene rings is 1. The summed E-state index contributed by atoms with van der Waals surface area (Å²) < 4.78 is 10.1. The van der Waals surface area contributed by atoms with Crippen LogP contribution in [0, 0.1) is 0 Å². The summed E-state index contributed by atoms with van der Waals surface area (Å²) in [5.41, 5.74) is 0.764. The second-order valence-electron chi connectivity index (χ2n) is 3.26. The number of hydrogen-bond acceptors (Lipinski definition) is 4. The number of ether oxygens (including phenoxy) is 1. The van der Waals surface area contributed by atoms with Crippen LogP contribution in [0.2, 0.25) is 5.02 Å². The molecule has 0 aliphatic heterocycles. The smallest absolute Gasteiger partial charge is 0.394 e. The summed E-state index contributed by atoms with van der Waals surface area (Å²) in [5.74, 6) is -0.141. The van der Waals surface area contributed by atoms with Gasteiger partial charge in [0.05, 0.1) is 12.8 Å². The van der Waals surface area contributed by atoms with Gasteiger partial charge in [-0.15, -0.1) is 0 Å². The Kier molecular flexibility index (Phi) is 3.44. The van der Waals surface area contributed by atoms with Gasteiger partial charge in [0, 0.05) is 10.6 Å². The van der Waals surface area contributed by atoms with Gasteiger partial charge in [0.15, 0.2) is 5.76 Å². The van der Waals surface area contributed by atoms with Crippen molar-refractivity contribution in [3.05, 3.63) is 41.4 Å². The molecule has 0 amide bonds. The Balaban J connectivity index is 2.27. The first-order valence-electron chi connectivity index (χ1n) is 5.09. The molecule has 2 aromatic rings. The van der Waals surface area contributed by atoms with E-state index in [4.69, 9.17) is 20.8 Å². The van der Waals surface area contributed by atoms with Crippen LogP contribution in [-0.4, -0.2) is 17.6 Å². The summed E-state index contributed by atoms with van der Waals surface area (Å²) in [6.07, 6.45) is 1.47. The summed E-state index contributed by atoms with van der Waals surface area (Å²) >= 11 is 5.86. The fourth-order valence-electron chi connectivity index (χ4n) is 1.34. The molecule has 0 bridgehead atoms.